The van der Waals surface area contributed by atoms with E-state index in [2.05, 4.69) is 34.0 Å². The molecule has 15 heavy (non-hydrogen) atoms. The summed E-state index contributed by atoms with van der Waals surface area (Å²) in [7, 11) is 4.10. The molecule has 6 heteroatoms. The molecule has 0 spiro atoms. The Morgan fingerprint density at radius 3 is 2.67 bits per heavy atom. The lowest BCUT2D eigenvalue weighted by Gasteiger charge is -2.38. The molecular formula is C9H17N5S. The largest absolute Gasteiger partial charge is 0.336 e. The summed E-state index contributed by atoms with van der Waals surface area (Å²) in [6, 6.07) is 0.479. The second kappa shape index (κ2) is 3.94. The fraction of sp³-hybridized carbons (Fsp3) is 0.778. The number of anilines is 1. The molecule has 0 amide bonds. The van der Waals surface area contributed by atoms with Crippen LogP contribution < -0.4 is 4.90 Å². The van der Waals surface area contributed by atoms with E-state index in [9.17, 15) is 0 Å². The highest BCUT2D eigenvalue weighted by Gasteiger charge is 2.24. The van der Waals surface area contributed by atoms with Crippen molar-refractivity contribution >= 4 is 18.2 Å². The molecular weight excluding hydrogens is 210 g/mol. The quantitative estimate of drug-likeness (QED) is 0.714. The van der Waals surface area contributed by atoms with Crippen molar-refractivity contribution in [1.82, 2.24) is 19.7 Å². The van der Waals surface area contributed by atoms with Crippen molar-refractivity contribution in [3.05, 3.63) is 4.77 Å². The molecule has 0 aliphatic carbocycles. The number of rotatable bonds is 1. The van der Waals surface area contributed by atoms with Crippen molar-refractivity contribution in [2.24, 2.45) is 7.05 Å². The Kier molecular flexibility index (Phi) is 2.79. The van der Waals surface area contributed by atoms with E-state index >= 15 is 0 Å². The Balaban J connectivity index is 2.24. The van der Waals surface area contributed by atoms with Crippen LogP contribution >= 0.6 is 12.2 Å². The van der Waals surface area contributed by atoms with Crippen LogP contribution in [0, 0.1) is 4.77 Å². The average Bonchev–Trinajstić information content (AvgIpc) is 2.49. The first-order valence-corrected chi connectivity index (χ1v) is 5.57. The number of nitrogens with one attached hydrogen (secondary N) is 1. The maximum absolute atomic E-state index is 5.11. The van der Waals surface area contributed by atoms with E-state index in [4.69, 9.17) is 12.2 Å². The van der Waals surface area contributed by atoms with Crippen molar-refractivity contribution in [3.63, 3.8) is 0 Å². The van der Waals surface area contributed by atoms with E-state index in [0.717, 1.165) is 25.6 Å². The Morgan fingerprint density at radius 2 is 2.13 bits per heavy atom. The zero-order valence-corrected chi connectivity index (χ0v) is 10.2. The molecule has 84 valence electrons. The van der Waals surface area contributed by atoms with Crippen LogP contribution in [0.3, 0.4) is 0 Å². The number of H-pyrrole nitrogens is 1. The predicted molar refractivity (Wildman–Crippen MR) is 62.7 cm³/mol. The first kappa shape index (κ1) is 10.6. The summed E-state index contributed by atoms with van der Waals surface area (Å²) < 4.78 is 2.60. The molecule has 1 aliphatic heterocycles. The smallest absolute Gasteiger partial charge is 0.225 e. The van der Waals surface area contributed by atoms with Gasteiger partial charge in [0.15, 0.2) is 4.77 Å². The summed E-state index contributed by atoms with van der Waals surface area (Å²) in [6.07, 6.45) is 0. The van der Waals surface area contributed by atoms with Gasteiger partial charge in [-0.05, 0) is 26.2 Å². The molecule has 0 aromatic carbocycles. The van der Waals surface area contributed by atoms with E-state index in [1.54, 1.807) is 0 Å². The molecule has 2 rings (SSSR count). The van der Waals surface area contributed by atoms with E-state index in [0.29, 0.717) is 10.8 Å². The lowest BCUT2D eigenvalue weighted by atomic mass is 10.2. The lowest BCUT2D eigenvalue weighted by molar-refractivity contribution is 0.272. The molecule has 1 saturated heterocycles. The van der Waals surface area contributed by atoms with Crippen LogP contribution in [-0.2, 0) is 7.05 Å². The van der Waals surface area contributed by atoms with Crippen LogP contribution in [0.15, 0.2) is 0 Å². The zero-order valence-electron chi connectivity index (χ0n) is 9.40. The standard InChI is InChI=1S/C9H17N5S/c1-7-6-12(2)4-5-14(7)8-10-11-9(15)13(8)3/h7H,4-6H2,1-3H3,(H,11,15). The Bertz CT molecular complexity index is 395. The van der Waals surface area contributed by atoms with Crippen molar-refractivity contribution in [2.45, 2.75) is 13.0 Å². The van der Waals surface area contributed by atoms with Gasteiger partial charge in [-0.15, -0.1) is 5.10 Å². The Morgan fingerprint density at radius 1 is 1.40 bits per heavy atom. The van der Waals surface area contributed by atoms with Gasteiger partial charge in [0, 0.05) is 32.7 Å². The van der Waals surface area contributed by atoms with Gasteiger partial charge in [-0.25, -0.2) is 5.10 Å². The first-order valence-electron chi connectivity index (χ1n) is 5.16. The van der Waals surface area contributed by atoms with Crippen LogP contribution in [0.4, 0.5) is 5.95 Å². The van der Waals surface area contributed by atoms with Gasteiger partial charge in [-0.2, -0.15) is 0 Å². The third-order valence-electron chi connectivity index (χ3n) is 2.94. The topological polar surface area (TPSA) is 40.1 Å². The molecule has 1 aromatic heterocycles. The van der Waals surface area contributed by atoms with Gasteiger partial charge in [-0.1, -0.05) is 0 Å². The van der Waals surface area contributed by atoms with Gasteiger partial charge in [0.1, 0.15) is 0 Å². The summed E-state index contributed by atoms with van der Waals surface area (Å²) in [5.41, 5.74) is 0. The molecule has 0 radical (unpaired) electrons. The number of likely N-dealkylation sites (N-methyl/N-ethyl adjacent to an activating group) is 1. The van der Waals surface area contributed by atoms with Gasteiger partial charge in [-0.3, -0.25) is 4.57 Å². The minimum atomic E-state index is 0.479. The highest BCUT2D eigenvalue weighted by molar-refractivity contribution is 7.71. The van der Waals surface area contributed by atoms with Crippen LogP contribution in [0.25, 0.3) is 0 Å². The van der Waals surface area contributed by atoms with E-state index in [1.807, 2.05) is 11.6 Å². The average molecular weight is 227 g/mol. The molecule has 2 heterocycles. The van der Waals surface area contributed by atoms with Gasteiger partial charge in [0.05, 0.1) is 0 Å². The fourth-order valence-electron chi connectivity index (χ4n) is 2.03. The van der Waals surface area contributed by atoms with E-state index < -0.39 is 0 Å². The summed E-state index contributed by atoms with van der Waals surface area (Å²) in [4.78, 5) is 4.63. The number of aromatic nitrogens is 3. The minimum absolute atomic E-state index is 0.479. The van der Waals surface area contributed by atoms with E-state index in [-0.39, 0.29) is 0 Å². The van der Waals surface area contributed by atoms with E-state index in [1.165, 1.54) is 0 Å². The SMILES string of the molecule is CC1CN(C)CCN1c1n[nH]c(=S)n1C. The van der Waals surface area contributed by atoms with Crippen molar-refractivity contribution < 1.29 is 0 Å². The number of aromatic amines is 1. The van der Waals surface area contributed by atoms with Crippen molar-refractivity contribution in [2.75, 3.05) is 31.6 Å². The highest BCUT2D eigenvalue weighted by atomic mass is 32.1. The molecule has 1 unspecified atom stereocenters. The van der Waals surface area contributed by atoms with Gasteiger partial charge >= 0.3 is 0 Å². The fourth-order valence-corrected chi connectivity index (χ4v) is 2.16. The van der Waals surface area contributed by atoms with Crippen LogP contribution in [-0.4, -0.2) is 52.4 Å². The first-order chi connectivity index (χ1) is 7.09. The normalized spacial score (nSPS) is 23.4. The summed E-state index contributed by atoms with van der Waals surface area (Å²) in [5.74, 6) is 0.945. The monoisotopic (exact) mass is 227 g/mol. The Labute approximate surface area is 94.7 Å². The summed E-state index contributed by atoms with van der Waals surface area (Å²) in [5, 5.41) is 7.09. The maximum Gasteiger partial charge on any atom is 0.225 e. The summed E-state index contributed by atoms with van der Waals surface area (Å²) >= 11 is 5.11. The molecule has 1 aliphatic rings. The number of piperazine rings is 1. The van der Waals surface area contributed by atoms with Gasteiger partial charge in [0.25, 0.3) is 0 Å². The van der Waals surface area contributed by atoms with Crippen molar-refractivity contribution in [3.8, 4) is 0 Å². The van der Waals surface area contributed by atoms with Crippen LogP contribution in [0.5, 0.6) is 0 Å². The molecule has 1 aromatic rings. The molecule has 1 N–H and O–H groups in total. The molecule has 0 bridgehead atoms. The highest BCUT2D eigenvalue weighted by Crippen LogP contribution is 2.16. The number of hydrogen-bond donors (Lipinski definition) is 1. The second-order valence-corrected chi connectivity index (χ2v) is 4.58. The van der Waals surface area contributed by atoms with Crippen LogP contribution in [0.1, 0.15) is 6.92 Å². The number of hydrogen-bond acceptors (Lipinski definition) is 4. The molecule has 5 nitrogen and oxygen atoms in total. The Hall–Kier alpha value is -0.880. The van der Waals surface area contributed by atoms with Crippen LogP contribution in [0.2, 0.25) is 0 Å². The summed E-state index contributed by atoms with van der Waals surface area (Å²) in [6.45, 7) is 5.36. The number of nitrogens with zero attached hydrogens (tertiary/aromatic N) is 4. The predicted octanol–water partition coefficient (Wildman–Crippen LogP) is 0.618. The third kappa shape index (κ3) is 1.91. The van der Waals surface area contributed by atoms with Gasteiger partial charge < -0.3 is 9.80 Å². The minimum Gasteiger partial charge on any atom is -0.336 e. The molecule has 1 atom stereocenters. The zero-order chi connectivity index (χ0) is 11.0. The molecule has 1 fully saturated rings. The van der Waals surface area contributed by atoms with Gasteiger partial charge in [0.2, 0.25) is 5.95 Å². The second-order valence-electron chi connectivity index (χ2n) is 4.19. The van der Waals surface area contributed by atoms with Crippen molar-refractivity contribution in [1.29, 1.82) is 0 Å². The maximum atomic E-state index is 5.11. The third-order valence-corrected chi connectivity index (χ3v) is 3.31. The lowest BCUT2D eigenvalue weighted by Crippen LogP contribution is -2.51. The molecule has 0 saturated carbocycles.